The maximum Gasteiger partial charge on any atom is 0.123 e. The van der Waals surface area contributed by atoms with Gasteiger partial charge in [-0.3, -0.25) is 0 Å². The first-order valence-electron chi connectivity index (χ1n) is 6.22. The van der Waals surface area contributed by atoms with Crippen LogP contribution in [0, 0.1) is 11.7 Å². The third kappa shape index (κ3) is 2.85. The molecule has 0 radical (unpaired) electrons. The van der Waals surface area contributed by atoms with Crippen molar-refractivity contribution >= 4 is 0 Å². The molecule has 0 aromatic heterocycles. The molecule has 17 heavy (non-hydrogen) atoms. The number of hydrogen-bond acceptors (Lipinski definition) is 2. The van der Waals surface area contributed by atoms with Gasteiger partial charge in [-0.2, -0.15) is 0 Å². The van der Waals surface area contributed by atoms with Gasteiger partial charge in [0.05, 0.1) is 12.2 Å². The standard InChI is InChI=1S/C14H20FNO/c1-9(2)13-8-16-10(3)14(17-13)11-4-6-12(15)7-5-11/h4-7,9-10,13-14,16H,8H2,1-3H3. The SMILES string of the molecule is CC(C)C1CNC(C)C(c2ccc(F)cc2)O1. The van der Waals surface area contributed by atoms with Crippen LogP contribution >= 0.6 is 0 Å². The molecule has 0 amide bonds. The Morgan fingerprint density at radius 1 is 1.29 bits per heavy atom. The summed E-state index contributed by atoms with van der Waals surface area (Å²) in [5, 5.41) is 3.46. The normalized spacial score (nSPS) is 29.6. The number of ether oxygens (including phenoxy) is 1. The molecule has 1 aromatic carbocycles. The van der Waals surface area contributed by atoms with Crippen molar-refractivity contribution in [2.75, 3.05) is 6.54 Å². The molecule has 0 bridgehead atoms. The maximum absolute atomic E-state index is 12.9. The van der Waals surface area contributed by atoms with Crippen LogP contribution in [0.15, 0.2) is 24.3 Å². The van der Waals surface area contributed by atoms with Gasteiger partial charge >= 0.3 is 0 Å². The van der Waals surface area contributed by atoms with Gasteiger partial charge in [-0.15, -0.1) is 0 Å². The van der Waals surface area contributed by atoms with Gasteiger partial charge in [0.1, 0.15) is 5.82 Å². The van der Waals surface area contributed by atoms with Crippen molar-refractivity contribution in [1.82, 2.24) is 5.32 Å². The van der Waals surface area contributed by atoms with Crippen molar-refractivity contribution < 1.29 is 9.13 Å². The fraction of sp³-hybridized carbons (Fsp3) is 0.571. The van der Waals surface area contributed by atoms with Gasteiger partial charge in [0.15, 0.2) is 0 Å². The van der Waals surface area contributed by atoms with Crippen LogP contribution in [-0.4, -0.2) is 18.7 Å². The highest BCUT2D eigenvalue weighted by atomic mass is 19.1. The van der Waals surface area contributed by atoms with E-state index in [-0.39, 0.29) is 24.1 Å². The van der Waals surface area contributed by atoms with Gasteiger partial charge in [0.2, 0.25) is 0 Å². The second-order valence-electron chi connectivity index (χ2n) is 5.09. The molecule has 0 aliphatic carbocycles. The van der Waals surface area contributed by atoms with Crippen LogP contribution in [0.2, 0.25) is 0 Å². The fourth-order valence-corrected chi connectivity index (χ4v) is 2.18. The van der Waals surface area contributed by atoms with E-state index in [1.54, 1.807) is 12.1 Å². The van der Waals surface area contributed by atoms with E-state index >= 15 is 0 Å². The van der Waals surface area contributed by atoms with Crippen molar-refractivity contribution in [3.63, 3.8) is 0 Å². The predicted octanol–water partition coefficient (Wildman–Crippen LogP) is 2.90. The van der Waals surface area contributed by atoms with E-state index in [1.165, 1.54) is 12.1 Å². The van der Waals surface area contributed by atoms with Gasteiger partial charge in [0, 0.05) is 12.6 Å². The minimum Gasteiger partial charge on any atom is -0.367 e. The Labute approximate surface area is 102 Å². The molecule has 3 unspecified atom stereocenters. The van der Waals surface area contributed by atoms with Crippen molar-refractivity contribution in [1.29, 1.82) is 0 Å². The second kappa shape index (κ2) is 5.15. The maximum atomic E-state index is 12.9. The molecule has 1 heterocycles. The predicted molar refractivity (Wildman–Crippen MR) is 66.3 cm³/mol. The van der Waals surface area contributed by atoms with E-state index in [0.717, 1.165) is 12.1 Å². The Hall–Kier alpha value is -0.930. The van der Waals surface area contributed by atoms with Crippen LogP contribution in [-0.2, 0) is 4.74 Å². The molecule has 94 valence electrons. The van der Waals surface area contributed by atoms with Crippen LogP contribution in [0.1, 0.15) is 32.4 Å². The quantitative estimate of drug-likeness (QED) is 0.854. The zero-order valence-electron chi connectivity index (χ0n) is 10.6. The summed E-state index contributed by atoms with van der Waals surface area (Å²) in [6, 6.07) is 6.85. The Kier molecular flexibility index (Phi) is 3.79. The highest BCUT2D eigenvalue weighted by Gasteiger charge is 2.30. The summed E-state index contributed by atoms with van der Waals surface area (Å²) in [7, 11) is 0. The van der Waals surface area contributed by atoms with Gasteiger partial charge < -0.3 is 10.1 Å². The molecule has 2 rings (SSSR count). The molecular weight excluding hydrogens is 217 g/mol. The summed E-state index contributed by atoms with van der Waals surface area (Å²) >= 11 is 0. The molecule has 1 aromatic rings. The van der Waals surface area contributed by atoms with Crippen molar-refractivity contribution in [3.8, 4) is 0 Å². The summed E-state index contributed by atoms with van der Waals surface area (Å²) in [6.45, 7) is 7.30. The number of halogens is 1. The minimum absolute atomic E-state index is 0.0109. The lowest BCUT2D eigenvalue weighted by Gasteiger charge is -2.38. The number of hydrogen-bond donors (Lipinski definition) is 1. The lowest BCUT2D eigenvalue weighted by Crippen LogP contribution is -2.48. The van der Waals surface area contributed by atoms with Gasteiger partial charge in [-0.05, 0) is 30.5 Å². The van der Waals surface area contributed by atoms with Crippen LogP contribution < -0.4 is 5.32 Å². The van der Waals surface area contributed by atoms with Crippen LogP contribution in [0.3, 0.4) is 0 Å². The molecule has 0 saturated carbocycles. The van der Waals surface area contributed by atoms with Crippen molar-refractivity contribution in [2.45, 2.75) is 39.0 Å². The molecule has 1 aliphatic heterocycles. The third-order valence-electron chi connectivity index (χ3n) is 3.36. The van der Waals surface area contributed by atoms with E-state index in [2.05, 4.69) is 26.1 Å². The summed E-state index contributed by atoms with van der Waals surface area (Å²) in [5.41, 5.74) is 1.04. The van der Waals surface area contributed by atoms with E-state index in [0.29, 0.717) is 5.92 Å². The van der Waals surface area contributed by atoms with Gasteiger partial charge in [-0.25, -0.2) is 4.39 Å². The van der Waals surface area contributed by atoms with E-state index < -0.39 is 0 Å². The summed E-state index contributed by atoms with van der Waals surface area (Å²) in [4.78, 5) is 0. The molecule has 2 nitrogen and oxygen atoms in total. The largest absolute Gasteiger partial charge is 0.367 e. The van der Waals surface area contributed by atoms with E-state index in [4.69, 9.17) is 4.74 Å². The Morgan fingerprint density at radius 3 is 2.53 bits per heavy atom. The molecule has 1 saturated heterocycles. The molecular formula is C14H20FNO. The average Bonchev–Trinajstić information content (AvgIpc) is 2.31. The molecule has 1 fully saturated rings. The summed E-state index contributed by atoms with van der Waals surface area (Å²) < 4.78 is 19.0. The van der Waals surface area contributed by atoms with E-state index in [1.807, 2.05) is 0 Å². The lowest BCUT2D eigenvalue weighted by atomic mass is 9.98. The second-order valence-corrected chi connectivity index (χ2v) is 5.09. The Morgan fingerprint density at radius 2 is 1.94 bits per heavy atom. The van der Waals surface area contributed by atoms with Crippen LogP contribution in [0.25, 0.3) is 0 Å². The fourth-order valence-electron chi connectivity index (χ4n) is 2.18. The van der Waals surface area contributed by atoms with Crippen LogP contribution in [0.4, 0.5) is 4.39 Å². The number of nitrogens with one attached hydrogen (secondary N) is 1. The molecule has 3 heteroatoms. The highest BCUT2D eigenvalue weighted by Crippen LogP contribution is 2.28. The molecule has 1 N–H and O–H groups in total. The number of rotatable bonds is 2. The lowest BCUT2D eigenvalue weighted by molar-refractivity contribution is -0.0806. The van der Waals surface area contributed by atoms with E-state index in [9.17, 15) is 4.39 Å². The summed E-state index contributed by atoms with van der Waals surface area (Å²) in [5.74, 6) is 0.281. The first kappa shape index (κ1) is 12.5. The van der Waals surface area contributed by atoms with Crippen molar-refractivity contribution in [2.24, 2.45) is 5.92 Å². The van der Waals surface area contributed by atoms with Crippen LogP contribution in [0.5, 0.6) is 0 Å². The number of morpholine rings is 1. The monoisotopic (exact) mass is 237 g/mol. The third-order valence-corrected chi connectivity index (χ3v) is 3.36. The van der Waals surface area contributed by atoms with Crippen molar-refractivity contribution in [3.05, 3.63) is 35.6 Å². The summed E-state index contributed by atoms with van der Waals surface area (Å²) in [6.07, 6.45) is 0.234. The van der Waals surface area contributed by atoms with Gasteiger partial charge in [0.25, 0.3) is 0 Å². The molecule has 0 spiro atoms. The average molecular weight is 237 g/mol. The first-order chi connectivity index (χ1) is 8.08. The highest BCUT2D eigenvalue weighted by molar-refractivity contribution is 5.20. The topological polar surface area (TPSA) is 21.3 Å². The Bertz CT molecular complexity index is 363. The Balaban J connectivity index is 2.15. The zero-order chi connectivity index (χ0) is 12.4. The zero-order valence-corrected chi connectivity index (χ0v) is 10.6. The van der Waals surface area contributed by atoms with Gasteiger partial charge in [-0.1, -0.05) is 26.0 Å². The molecule has 1 aliphatic rings. The minimum atomic E-state index is -0.203. The smallest absolute Gasteiger partial charge is 0.123 e. The number of benzene rings is 1. The molecule has 3 atom stereocenters. The first-order valence-corrected chi connectivity index (χ1v) is 6.22.